The molecule has 0 aliphatic carbocycles. The molecule has 2 heterocycles. The SMILES string of the molecule is Cc1noc(C)c1CCC(=O)NC[C@](C)(O)c1ccco1. The first-order valence-electron chi connectivity index (χ1n) is 6.85. The quantitative estimate of drug-likeness (QED) is 0.848. The number of carbonyl (C=O) groups is 1. The molecule has 6 nitrogen and oxygen atoms in total. The summed E-state index contributed by atoms with van der Waals surface area (Å²) in [6, 6.07) is 3.37. The molecule has 0 bridgehead atoms. The van der Waals surface area contributed by atoms with Gasteiger partial charge in [-0.3, -0.25) is 4.79 Å². The van der Waals surface area contributed by atoms with Gasteiger partial charge in [-0.2, -0.15) is 0 Å². The number of carbonyl (C=O) groups excluding carboxylic acids is 1. The molecule has 0 aromatic carbocycles. The number of aliphatic hydroxyl groups is 1. The van der Waals surface area contributed by atoms with Crippen LogP contribution in [-0.2, 0) is 16.8 Å². The topological polar surface area (TPSA) is 88.5 Å². The second-order valence-electron chi connectivity index (χ2n) is 5.33. The van der Waals surface area contributed by atoms with Gasteiger partial charge in [0.1, 0.15) is 17.1 Å². The Balaban J connectivity index is 1.83. The summed E-state index contributed by atoms with van der Waals surface area (Å²) >= 11 is 0. The minimum Gasteiger partial charge on any atom is -0.466 e. The van der Waals surface area contributed by atoms with Crippen LogP contribution >= 0.6 is 0 Å². The Morgan fingerprint density at radius 3 is 2.81 bits per heavy atom. The van der Waals surface area contributed by atoms with Gasteiger partial charge in [0, 0.05) is 12.0 Å². The summed E-state index contributed by atoms with van der Waals surface area (Å²) in [5.41, 5.74) is 0.549. The lowest BCUT2D eigenvalue weighted by molar-refractivity contribution is -0.122. The molecule has 0 unspecified atom stereocenters. The van der Waals surface area contributed by atoms with Crippen molar-refractivity contribution >= 4 is 5.91 Å². The first-order chi connectivity index (χ1) is 9.90. The van der Waals surface area contributed by atoms with Gasteiger partial charge in [0.15, 0.2) is 0 Å². The second-order valence-corrected chi connectivity index (χ2v) is 5.33. The van der Waals surface area contributed by atoms with E-state index in [1.807, 2.05) is 13.8 Å². The molecule has 6 heteroatoms. The van der Waals surface area contributed by atoms with Crippen LogP contribution in [-0.4, -0.2) is 22.7 Å². The standard InChI is InChI=1S/C15H20N2O4/c1-10-12(11(2)21-17-10)6-7-14(18)16-9-15(3,19)13-5-4-8-20-13/h4-5,8,19H,6-7,9H2,1-3H3,(H,16,18)/t15-/m0/s1. The molecule has 0 fully saturated rings. The first kappa shape index (κ1) is 15.3. The van der Waals surface area contributed by atoms with Crippen molar-refractivity contribution in [2.75, 3.05) is 6.54 Å². The molecule has 0 aliphatic rings. The molecular formula is C15H20N2O4. The van der Waals surface area contributed by atoms with E-state index < -0.39 is 5.60 Å². The Morgan fingerprint density at radius 1 is 1.48 bits per heavy atom. The predicted molar refractivity (Wildman–Crippen MR) is 75.6 cm³/mol. The molecule has 1 atom stereocenters. The molecule has 21 heavy (non-hydrogen) atoms. The van der Waals surface area contributed by atoms with Crippen LogP contribution < -0.4 is 5.32 Å². The summed E-state index contributed by atoms with van der Waals surface area (Å²) in [5, 5.41) is 16.8. The van der Waals surface area contributed by atoms with Crippen LogP contribution in [0.1, 0.15) is 36.1 Å². The average Bonchev–Trinajstić information content (AvgIpc) is 3.06. The summed E-state index contributed by atoms with van der Waals surface area (Å²) in [6.07, 6.45) is 2.37. The van der Waals surface area contributed by atoms with Gasteiger partial charge in [-0.15, -0.1) is 0 Å². The van der Waals surface area contributed by atoms with Crippen LogP contribution in [0.15, 0.2) is 27.3 Å². The Kier molecular flexibility index (Phi) is 4.47. The van der Waals surface area contributed by atoms with Crippen molar-refractivity contribution < 1.29 is 18.8 Å². The number of rotatable bonds is 6. The molecule has 2 aromatic rings. The lowest BCUT2D eigenvalue weighted by Crippen LogP contribution is -2.38. The van der Waals surface area contributed by atoms with Gasteiger partial charge in [-0.25, -0.2) is 0 Å². The van der Waals surface area contributed by atoms with Gasteiger partial charge in [0.25, 0.3) is 0 Å². The molecule has 2 rings (SSSR count). The third-order valence-electron chi connectivity index (χ3n) is 3.47. The van der Waals surface area contributed by atoms with Gasteiger partial charge < -0.3 is 19.4 Å². The lowest BCUT2D eigenvalue weighted by Gasteiger charge is -2.21. The van der Waals surface area contributed by atoms with Crippen LogP contribution in [0.5, 0.6) is 0 Å². The molecule has 2 aromatic heterocycles. The highest BCUT2D eigenvalue weighted by Gasteiger charge is 2.26. The highest BCUT2D eigenvalue weighted by Crippen LogP contribution is 2.20. The van der Waals surface area contributed by atoms with E-state index >= 15 is 0 Å². The molecule has 1 amide bonds. The number of nitrogens with one attached hydrogen (secondary N) is 1. The third-order valence-corrected chi connectivity index (χ3v) is 3.47. The highest BCUT2D eigenvalue weighted by atomic mass is 16.5. The highest BCUT2D eigenvalue weighted by molar-refractivity contribution is 5.76. The third kappa shape index (κ3) is 3.72. The maximum Gasteiger partial charge on any atom is 0.220 e. The van der Waals surface area contributed by atoms with Gasteiger partial charge >= 0.3 is 0 Å². The van der Waals surface area contributed by atoms with Crippen molar-refractivity contribution in [3.05, 3.63) is 41.2 Å². The number of amides is 1. The zero-order chi connectivity index (χ0) is 15.5. The van der Waals surface area contributed by atoms with Gasteiger partial charge in [-0.1, -0.05) is 5.16 Å². The molecule has 0 spiro atoms. The molecule has 0 aliphatic heterocycles. The number of hydrogen-bond donors (Lipinski definition) is 2. The Morgan fingerprint density at radius 2 is 2.24 bits per heavy atom. The summed E-state index contributed by atoms with van der Waals surface area (Å²) in [6.45, 7) is 5.38. The van der Waals surface area contributed by atoms with Gasteiger partial charge in [-0.05, 0) is 39.3 Å². The van der Waals surface area contributed by atoms with Gasteiger partial charge in [0.2, 0.25) is 5.91 Å². The van der Waals surface area contributed by atoms with E-state index in [4.69, 9.17) is 8.94 Å². The zero-order valence-electron chi connectivity index (χ0n) is 12.5. The Hall–Kier alpha value is -2.08. The average molecular weight is 292 g/mol. The Bertz CT molecular complexity index is 580. The predicted octanol–water partition coefficient (Wildman–Crippen LogP) is 1.84. The zero-order valence-corrected chi connectivity index (χ0v) is 12.5. The van der Waals surface area contributed by atoms with E-state index in [-0.39, 0.29) is 12.5 Å². The smallest absolute Gasteiger partial charge is 0.220 e. The monoisotopic (exact) mass is 292 g/mol. The van der Waals surface area contributed by atoms with E-state index in [1.165, 1.54) is 6.26 Å². The van der Waals surface area contributed by atoms with E-state index in [0.717, 1.165) is 17.0 Å². The number of aromatic nitrogens is 1. The van der Waals surface area contributed by atoms with Crippen molar-refractivity contribution in [3.8, 4) is 0 Å². The van der Waals surface area contributed by atoms with Gasteiger partial charge in [0.05, 0.1) is 18.5 Å². The van der Waals surface area contributed by atoms with Crippen LogP contribution in [0.3, 0.4) is 0 Å². The van der Waals surface area contributed by atoms with E-state index in [0.29, 0.717) is 18.6 Å². The largest absolute Gasteiger partial charge is 0.466 e. The fraction of sp³-hybridized carbons (Fsp3) is 0.467. The normalized spacial score (nSPS) is 13.9. The van der Waals surface area contributed by atoms with Crippen LogP contribution in [0, 0.1) is 13.8 Å². The van der Waals surface area contributed by atoms with Crippen LogP contribution in [0.25, 0.3) is 0 Å². The molecule has 0 radical (unpaired) electrons. The fourth-order valence-electron chi connectivity index (χ4n) is 2.13. The Labute approximate surface area is 123 Å². The van der Waals surface area contributed by atoms with Crippen molar-refractivity contribution in [2.45, 2.75) is 39.2 Å². The van der Waals surface area contributed by atoms with E-state index in [9.17, 15) is 9.90 Å². The fourth-order valence-corrected chi connectivity index (χ4v) is 2.13. The first-order valence-corrected chi connectivity index (χ1v) is 6.85. The number of nitrogens with zero attached hydrogens (tertiary/aromatic N) is 1. The van der Waals surface area contributed by atoms with Crippen molar-refractivity contribution in [1.29, 1.82) is 0 Å². The molecular weight excluding hydrogens is 272 g/mol. The minimum absolute atomic E-state index is 0.0982. The van der Waals surface area contributed by atoms with Crippen molar-refractivity contribution in [1.82, 2.24) is 10.5 Å². The summed E-state index contributed by atoms with van der Waals surface area (Å²) < 4.78 is 10.2. The molecule has 0 saturated carbocycles. The maximum atomic E-state index is 11.9. The summed E-state index contributed by atoms with van der Waals surface area (Å²) in [4.78, 5) is 11.9. The summed E-state index contributed by atoms with van der Waals surface area (Å²) in [5.74, 6) is 1.03. The minimum atomic E-state index is -1.22. The second kappa shape index (κ2) is 6.13. The molecule has 2 N–H and O–H groups in total. The van der Waals surface area contributed by atoms with Crippen LogP contribution in [0.2, 0.25) is 0 Å². The lowest BCUT2D eigenvalue weighted by atomic mass is 10.0. The van der Waals surface area contributed by atoms with Crippen molar-refractivity contribution in [3.63, 3.8) is 0 Å². The molecule has 0 saturated heterocycles. The van der Waals surface area contributed by atoms with E-state index in [2.05, 4.69) is 10.5 Å². The summed E-state index contributed by atoms with van der Waals surface area (Å²) in [7, 11) is 0. The maximum absolute atomic E-state index is 11.9. The number of aryl methyl sites for hydroxylation is 2. The number of furan rings is 1. The van der Waals surface area contributed by atoms with Crippen molar-refractivity contribution in [2.24, 2.45) is 0 Å². The van der Waals surface area contributed by atoms with E-state index in [1.54, 1.807) is 19.1 Å². The van der Waals surface area contributed by atoms with Crippen LogP contribution in [0.4, 0.5) is 0 Å². The number of hydrogen-bond acceptors (Lipinski definition) is 5. The molecule has 114 valence electrons.